The molecule has 0 spiro atoms. The van der Waals surface area contributed by atoms with Crippen molar-refractivity contribution in [3.05, 3.63) is 91.9 Å². The number of ether oxygens (including phenoxy) is 1. The lowest BCUT2D eigenvalue weighted by molar-refractivity contribution is 0.0950. The number of aromatic nitrogens is 4. The molecule has 7 nitrogen and oxygen atoms in total. The number of rotatable bonds is 5. The van der Waals surface area contributed by atoms with Gasteiger partial charge in [-0.2, -0.15) is 0 Å². The molecule has 5 rings (SSSR count). The Morgan fingerprint density at radius 2 is 1.72 bits per heavy atom. The van der Waals surface area contributed by atoms with Crippen molar-refractivity contribution in [1.82, 2.24) is 18.7 Å². The number of nitrogens with zero attached hydrogens (tertiary/aromatic N) is 4. The largest absolute Gasteiger partial charge is 0.376 e. The molecule has 3 heterocycles. The minimum Gasteiger partial charge on any atom is -0.376 e. The summed E-state index contributed by atoms with van der Waals surface area (Å²) in [5.41, 5.74) is 5.18. The van der Waals surface area contributed by atoms with E-state index in [2.05, 4.69) is 50.0 Å². The van der Waals surface area contributed by atoms with Gasteiger partial charge in [0.1, 0.15) is 0 Å². The number of hydrogen-bond donors (Lipinski definition) is 0. The molecular formula is C29H34N4O3. The van der Waals surface area contributed by atoms with Gasteiger partial charge in [-0.1, -0.05) is 63.2 Å². The summed E-state index contributed by atoms with van der Waals surface area (Å²) in [7, 11) is 0. The van der Waals surface area contributed by atoms with E-state index >= 15 is 0 Å². The summed E-state index contributed by atoms with van der Waals surface area (Å²) in [6, 6.07) is 14.4. The van der Waals surface area contributed by atoms with Crippen LogP contribution in [0.3, 0.4) is 0 Å². The molecule has 0 radical (unpaired) electrons. The van der Waals surface area contributed by atoms with Crippen molar-refractivity contribution in [3.8, 4) is 5.69 Å². The second-order valence-corrected chi connectivity index (χ2v) is 10.9. The monoisotopic (exact) mass is 486 g/mol. The van der Waals surface area contributed by atoms with Crippen LogP contribution in [0.4, 0.5) is 0 Å². The zero-order valence-electron chi connectivity index (χ0n) is 21.7. The van der Waals surface area contributed by atoms with Crippen LogP contribution in [0.2, 0.25) is 0 Å². The lowest BCUT2D eigenvalue weighted by atomic mass is 9.87. The zero-order valence-corrected chi connectivity index (χ0v) is 21.7. The molecule has 36 heavy (non-hydrogen) atoms. The summed E-state index contributed by atoms with van der Waals surface area (Å²) >= 11 is 0. The first-order valence-electron chi connectivity index (χ1n) is 12.6. The molecule has 1 saturated heterocycles. The number of benzene rings is 2. The summed E-state index contributed by atoms with van der Waals surface area (Å²) in [5.74, 6) is 0. The van der Waals surface area contributed by atoms with Crippen LogP contribution < -0.4 is 11.2 Å². The molecule has 0 aliphatic carbocycles. The summed E-state index contributed by atoms with van der Waals surface area (Å²) in [4.78, 5) is 32.2. The van der Waals surface area contributed by atoms with Gasteiger partial charge in [-0.25, -0.2) is 14.3 Å². The fourth-order valence-electron chi connectivity index (χ4n) is 5.12. The summed E-state index contributed by atoms with van der Waals surface area (Å²) in [6.45, 7) is 11.9. The fourth-order valence-corrected chi connectivity index (χ4v) is 5.12. The number of aryl methyl sites for hydroxylation is 2. The molecule has 4 aromatic rings. The molecule has 0 amide bonds. The molecule has 1 aliphatic rings. The third kappa shape index (κ3) is 4.32. The predicted octanol–water partition coefficient (Wildman–Crippen LogP) is 4.49. The third-order valence-corrected chi connectivity index (χ3v) is 7.15. The van der Waals surface area contributed by atoms with E-state index < -0.39 is 0 Å². The standard InChI is InChI=1S/C29H34N4O3/c1-19-8-6-9-20(2)24(19)33-26-25(27(34)32(28(33)35)17-23-10-7-15-36-23)31(18-30-26)16-21-11-13-22(14-12-21)29(3,4)5/h6,8-9,11-14,18,23H,7,10,15-17H2,1-5H3/t23-/m0/s1. The van der Waals surface area contributed by atoms with Crippen LogP contribution in [0.5, 0.6) is 0 Å². The van der Waals surface area contributed by atoms with Crippen molar-refractivity contribution in [2.24, 2.45) is 0 Å². The van der Waals surface area contributed by atoms with Crippen LogP contribution in [0.1, 0.15) is 55.9 Å². The van der Waals surface area contributed by atoms with E-state index in [0.29, 0.717) is 24.3 Å². The molecule has 7 heteroatoms. The predicted molar refractivity (Wildman–Crippen MR) is 142 cm³/mol. The Morgan fingerprint density at radius 3 is 2.33 bits per heavy atom. The van der Waals surface area contributed by atoms with E-state index in [0.717, 1.165) is 35.2 Å². The van der Waals surface area contributed by atoms with Crippen molar-refractivity contribution < 1.29 is 4.74 Å². The molecule has 2 aromatic carbocycles. The Kier molecular flexibility index (Phi) is 6.20. The normalized spacial score (nSPS) is 16.2. The Labute approximate surface area is 211 Å². The Bertz CT molecular complexity index is 1510. The van der Waals surface area contributed by atoms with Crippen LogP contribution in [-0.2, 0) is 23.2 Å². The summed E-state index contributed by atoms with van der Waals surface area (Å²) < 4.78 is 10.6. The van der Waals surface area contributed by atoms with Gasteiger partial charge >= 0.3 is 5.69 Å². The van der Waals surface area contributed by atoms with Crippen molar-refractivity contribution >= 4 is 11.2 Å². The third-order valence-electron chi connectivity index (χ3n) is 7.15. The van der Waals surface area contributed by atoms with Gasteiger partial charge in [-0.05, 0) is 54.4 Å². The molecule has 1 atom stereocenters. The Balaban J connectivity index is 1.69. The van der Waals surface area contributed by atoms with Gasteiger partial charge in [-0.15, -0.1) is 0 Å². The van der Waals surface area contributed by atoms with Crippen LogP contribution >= 0.6 is 0 Å². The molecule has 0 N–H and O–H groups in total. The average molecular weight is 487 g/mol. The maximum atomic E-state index is 13.8. The maximum Gasteiger partial charge on any atom is 0.337 e. The number of fused-ring (bicyclic) bond motifs is 1. The van der Waals surface area contributed by atoms with Crippen molar-refractivity contribution in [2.45, 2.75) is 72.1 Å². The molecular weight excluding hydrogens is 452 g/mol. The second-order valence-electron chi connectivity index (χ2n) is 10.9. The highest BCUT2D eigenvalue weighted by Crippen LogP contribution is 2.24. The van der Waals surface area contributed by atoms with Gasteiger partial charge in [0, 0.05) is 13.2 Å². The van der Waals surface area contributed by atoms with Gasteiger partial charge in [0.2, 0.25) is 0 Å². The molecule has 0 saturated carbocycles. The molecule has 188 valence electrons. The first-order valence-corrected chi connectivity index (χ1v) is 12.6. The van der Waals surface area contributed by atoms with Gasteiger partial charge < -0.3 is 9.30 Å². The molecule has 1 aliphatic heterocycles. The molecule has 1 fully saturated rings. The van der Waals surface area contributed by atoms with Crippen LogP contribution in [-0.4, -0.2) is 31.4 Å². The SMILES string of the molecule is Cc1cccc(C)c1-n1c(=O)n(C[C@@H]2CCCO2)c(=O)c2c1ncn2Cc1ccc(C(C)(C)C)cc1. The van der Waals surface area contributed by atoms with Gasteiger partial charge in [0.05, 0.1) is 24.7 Å². The first-order chi connectivity index (χ1) is 17.1. The lowest BCUT2D eigenvalue weighted by Gasteiger charge is -2.19. The van der Waals surface area contributed by atoms with Crippen LogP contribution in [0.15, 0.2) is 58.4 Å². The minimum atomic E-state index is -0.375. The van der Waals surface area contributed by atoms with E-state index in [4.69, 9.17) is 4.74 Å². The first kappa shape index (κ1) is 24.3. The highest BCUT2D eigenvalue weighted by Gasteiger charge is 2.24. The molecule has 0 bridgehead atoms. The van der Waals surface area contributed by atoms with Gasteiger partial charge in [0.15, 0.2) is 11.2 Å². The van der Waals surface area contributed by atoms with Gasteiger partial charge in [0.25, 0.3) is 5.56 Å². The van der Waals surface area contributed by atoms with Crippen LogP contribution in [0, 0.1) is 13.8 Å². The molecule has 0 unspecified atom stereocenters. The number of imidazole rings is 1. The van der Waals surface area contributed by atoms with Crippen LogP contribution in [0.25, 0.3) is 16.9 Å². The van der Waals surface area contributed by atoms with E-state index in [-0.39, 0.29) is 29.3 Å². The molecule has 2 aromatic heterocycles. The fraction of sp³-hybridized carbons (Fsp3) is 0.414. The van der Waals surface area contributed by atoms with E-state index in [1.807, 2.05) is 36.6 Å². The van der Waals surface area contributed by atoms with Crippen molar-refractivity contribution in [2.75, 3.05) is 6.61 Å². The highest BCUT2D eigenvalue weighted by atomic mass is 16.5. The van der Waals surface area contributed by atoms with E-state index in [1.54, 1.807) is 10.9 Å². The van der Waals surface area contributed by atoms with Gasteiger partial charge in [-0.3, -0.25) is 9.36 Å². The Hall–Kier alpha value is -3.45. The number of hydrogen-bond acceptors (Lipinski definition) is 4. The quantitative estimate of drug-likeness (QED) is 0.417. The minimum absolute atomic E-state index is 0.0672. The summed E-state index contributed by atoms with van der Waals surface area (Å²) in [5, 5.41) is 0. The maximum absolute atomic E-state index is 13.8. The van der Waals surface area contributed by atoms with Crippen molar-refractivity contribution in [3.63, 3.8) is 0 Å². The number of para-hydroxylation sites is 1. The average Bonchev–Trinajstić information content (AvgIpc) is 3.49. The van der Waals surface area contributed by atoms with Crippen molar-refractivity contribution in [1.29, 1.82) is 0 Å². The van der Waals surface area contributed by atoms with E-state index in [1.165, 1.54) is 10.1 Å². The van der Waals surface area contributed by atoms with E-state index in [9.17, 15) is 9.59 Å². The lowest BCUT2D eigenvalue weighted by Crippen LogP contribution is -2.42. The highest BCUT2D eigenvalue weighted by molar-refractivity contribution is 5.73. The zero-order chi connectivity index (χ0) is 25.6. The second kappa shape index (κ2) is 9.21. The Morgan fingerprint density at radius 1 is 1.03 bits per heavy atom. The summed E-state index contributed by atoms with van der Waals surface area (Å²) in [6.07, 6.45) is 3.31. The topological polar surface area (TPSA) is 71.1 Å². The smallest absolute Gasteiger partial charge is 0.337 e.